The first-order chi connectivity index (χ1) is 7.96. The SMILES string of the molecule is CN(CC1(N(C)C)CCC1)C(C(=O)O)C1CC1. The van der Waals surface area contributed by atoms with Crippen LogP contribution in [0.15, 0.2) is 0 Å². The monoisotopic (exact) mass is 240 g/mol. The van der Waals surface area contributed by atoms with E-state index in [1.54, 1.807) is 0 Å². The van der Waals surface area contributed by atoms with Gasteiger partial charge in [-0.25, -0.2) is 0 Å². The summed E-state index contributed by atoms with van der Waals surface area (Å²) in [5.74, 6) is -0.264. The van der Waals surface area contributed by atoms with Gasteiger partial charge < -0.3 is 10.0 Å². The molecule has 2 rings (SSSR count). The highest BCUT2D eigenvalue weighted by Crippen LogP contribution is 2.40. The molecule has 0 amide bonds. The van der Waals surface area contributed by atoms with Crippen molar-refractivity contribution in [3.05, 3.63) is 0 Å². The molecule has 0 bridgehead atoms. The number of aliphatic carboxylic acids is 1. The lowest BCUT2D eigenvalue weighted by molar-refractivity contribution is -0.144. The van der Waals surface area contributed by atoms with Gasteiger partial charge in [0.1, 0.15) is 6.04 Å². The zero-order valence-electron chi connectivity index (χ0n) is 11.1. The number of nitrogens with zero attached hydrogens (tertiary/aromatic N) is 2. The van der Waals surface area contributed by atoms with E-state index in [0.717, 1.165) is 19.4 Å². The van der Waals surface area contributed by atoms with Crippen molar-refractivity contribution in [1.82, 2.24) is 9.80 Å². The van der Waals surface area contributed by atoms with Gasteiger partial charge in [-0.2, -0.15) is 0 Å². The Labute approximate surface area is 104 Å². The molecule has 0 aromatic rings. The average Bonchev–Trinajstić information content (AvgIpc) is 2.94. The van der Waals surface area contributed by atoms with Gasteiger partial charge in [0.2, 0.25) is 0 Å². The predicted octanol–water partition coefficient (Wildman–Crippen LogP) is 1.27. The molecular formula is C13H24N2O2. The van der Waals surface area contributed by atoms with Crippen LogP contribution in [0.3, 0.4) is 0 Å². The normalized spacial score (nSPS) is 24.8. The molecule has 17 heavy (non-hydrogen) atoms. The first-order valence-electron chi connectivity index (χ1n) is 6.57. The first-order valence-corrected chi connectivity index (χ1v) is 6.57. The van der Waals surface area contributed by atoms with Gasteiger partial charge in [0.15, 0.2) is 0 Å². The summed E-state index contributed by atoms with van der Waals surface area (Å²) in [6.07, 6.45) is 5.82. The summed E-state index contributed by atoms with van der Waals surface area (Å²) >= 11 is 0. The van der Waals surface area contributed by atoms with Crippen LogP contribution in [0.5, 0.6) is 0 Å². The first kappa shape index (κ1) is 12.8. The maximum atomic E-state index is 11.3. The molecule has 0 saturated heterocycles. The molecule has 4 heteroatoms. The molecule has 0 heterocycles. The van der Waals surface area contributed by atoms with Crippen LogP contribution in [0.4, 0.5) is 0 Å². The second kappa shape index (κ2) is 4.58. The minimum atomic E-state index is -0.650. The Morgan fingerprint density at radius 3 is 2.24 bits per heavy atom. The number of carboxylic acid groups (broad SMARTS) is 1. The Hall–Kier alpha value is -0.610. The Morgan fingerprint density at radius 2 is 1.94 bits per heavy atom. The smallest absolute Gasteiger partial charge is 0.321 e. The summed E-state index contributed by atoms with van der Waals surface area (Å²) in [4.78, 5) is 15.7. The zero-order chi connectivity index (χ0) is 12.6. The highest BCUT2D eigenvalue weighted by Gasteiger charge is 2.45. The number of carbonyl (C=O) groups is 1. The van der Waals surface area contributed by atoms with Crippen LogP contribution in [0.1, 0.15) is 32.1 Å². The lowest BCUT2D eigenvalue weighted by atomic mass is 9.75. The van der Waals surface area contributed by atoms with Gasteiger partial charge in [-0.1, -0.05) is 0 Å². The Bertz CT molecular complexity index is 296. The van der Waals surface area contributed by atoms with Gasteiger partial charge in [-0.05, 0) is 59.2 Å². The maximum Gasteiger partial charge on any atom is 0.321 e. The molecule has 2 aliphatic rings. The van der Waals surface area contributed by atoms with E-state index in [4.69, 9.17) is 0 Å². The maximum absolute atomic E-state index is 11.3. The van der Waals surface area contributed by atoms with Crippen molar-refractivity contribution in [1.29, 1.82) is 0 Å². The minimum Gasteiger partial charge on any atom is -0.480 e. The predicted molar refractivity (Wildman–Crippen MR) is 67.0 cm³/mol. The van der Waals surface area contributed by atoms with Crippen molar-refractivity contribution < 1.29 is 9.90 Å². The second-order valence-corrected chi connectivity index (χ2v) is 6.01. The highest BCUT2D eigenvalue weighted by molar-refractivity contribution is 5.74. The van der Waals surface area contributed by atoms with Crippen molar-refractivity contribution in [3.8, 4) is 0 Å². The third-order valence-electron chi connectivity index (χ3n) is 4.57. The van der Waals surface area contributed by atoms with Crippen molar-refractivity contribution >= 4 is 5.97 Å². The van der Waals surface area contributed by atoms with Crippen LogP contribution in [0.2, 0.25) is 0 Å². The molecule has 2 aliphatic carbocycles. The summed E-state index contributed by atoms with van der Waals surface area (Å²) in [6, 6.07) is -0.271. The number of hydrogen-bond donors (Lipinski definition) is 1. The molecule has 0 aromatic heterocycles. The molecule has 1 N–H and O–H groups in total. The van der Waals surface area contributed by atoms with Crippen LogP contribution in [-0.2, 0) is 4.79 Å². The van der Waals surface area contributed by atoms with Crippen molar-refractivity contribution in [3.63, 3.8) is 0 Å². The van der Waals surface area contributed by atoms with E-state index in [1.807, 2.05) is 7.05 Å². The van der Waals surface area contributed by atoms with Crippen molar-refractivity contribution in [2.24, 2.45) is 5.92 Å². The quantitative estimate of drug-likeness (QED) is 0.759. The molecule has 1 unspecified atom stereocenters. The van der Waals surface area contributed by atoms with E-state index < -0.39 is 5.97 Å². The lowest BCUT2D eigenvalue weighted by Crippen LogP contribution is -2.59. The van der Waals surface area contributed by atoms with Gasteiger partial charge >= 0.3 is 5.97 Å². The van der Waals surface area contributed by atoms with Crippen LogP contribution >= 0.6 is 0 Å². The molecule has 2 saturated carbocycles. The second-order valence-electron chi connectivity index (χ2n) is 6.01. The topological polar surface area (TPSA) is 43.8 Å². The van der Waals surface area contributed by atoms with Crippen molar-refractivity contribution in [2.75, 3.05) is 27.7 Å². The number of carboxylic acids is 1. The molecule has 0 radical (unpaired) electrons. The Balaban J connectivity index is 1.99. The fraction of sp³-hybridized carbons (Fsp3) is 0.923. The molecule has 4 nitrogen and oxygen atoms in total. The van der Waals surface area contributed by atoms with E-state index in [0.29, 0.717) is 5.92 Å². The van der Waals surface area contributed by atoms with E-state index in [9.17, 15) is 9.90 Å². The molecule has 0 aliphatic heterocycles. The van der Waals surface area contributed by atoms with Gasteiger partial charge in [-0.3, -0.25) is 9.69 Å². The van der Waals surface area contributed by atoms with E-state index >= 15 is 0 Å². The molecule has 0 aromatic carbocycles. The summed E-state index contributed by atoms with van der Waals surface area (Å²) in [5.41, 5.74) is 0.220. The Kier molecular flexibility index (Phi) is 3.46. The van der Waals surface area contributed by atoms with Gasteiger partial charge in [-0.15, -0.1) is 0 Å². The van der Waals surface area contributed by atoms with Gasteiger partial charge in [0, 0.05) is 12.1 Å². The zero-order valence-corrected chi connectivity index (χ0v) is 11.1. The lowest BCUT2D eigenvalue weighted by Gasteiger charge is -2.50. The summed E-state index contributed by atoms with van der Waals surface area (Å²) in [5, 5.41) is 9.32. The molecular weight excluding hydrogens is 216 g/mol. The Morgan fingerprint density at radius 1 is 1.35 bits per heavy atom. The highest BCUT2D eigenvalue weighted by atomic mass is 16.4. The standard InChI is InChI=1S/C13H24N2O2/c1-14(2)13(7-4-8-13)9-15(3)11(12(16)17)10-5-6-10/h10-11H,4-9H2,1-3H3,(H,16,17). The molecule has 0 spiro atoms. The molecule has 98 valence electrons. The molecule has 1 atom stereocenters. The van der Waals surface area contributed by atoms with Crippen LogP contribution < -0.4 is 0 Å². The third kappa shape index (κ3) is 2.47. The summed E-state index contributed by atoms with van der Waals surface area (Å²) in [6.45, 7) is 0.882. The van der Waals surface area contributed by atoms with E-state index in [1.165, 1.54) is 19.3 Å². The molecule has 2 fully saturated rings. The van der Waals surface area contributed by atoms with Gasteiger partial charge in [0.05, 0.1) is 0 Å². The summed E-state index contributed by atoms with van der Waals surface area (Å²) < 4.78 is 0. The fourth-order valence-corrected chi connectivity index (χ4v) is 3.06. The number of rotatable bonds is 6. The largest absolute Gasteiger partial charge is 0.480 e. The van der Waals surface area contributed by atoms with Crippen LogP contribution in [0, 0.1) is 5.92 Å². The van der Waals surface area contributed by atoms with E-state index in [-0.39, 0.29) is 11.6 Å². The van der Waals surface area contributed by atoms with Crippen molar-refractivity contribution in [2.45, 2.75) is 43.7 Å². The summed E-state index contributed by atoms with van der Waals surface area (Å²) in [7, 11) is 6.19. The third-order valence-corrected chi connectivity index (χ3v) is 4.57. The number of likely N-dealkylation sites (N-methyl/N-ethyl adjacent to an activating group) is 2. The number of hydrogen-bond acceptors (Lipinski definition) is 3. The van der Waals surface area contributed by atoms with Gasteiger partial charge in [0.25, 0.3) is 0 Å². The minimum absolute atomic E-state index is 0.220. The fourth-order valence-electron chi connectivity index (χ4n) is 3.06. The van der Waals surface area contributed by atoms with Crippen LogP contribution in [-0.4, -0.2) is 60.1 Å². The van der Waals surface area contributed by atoms with E-state index in [2.05, 4.69) is 23.9 Å². The average molecular weight is 240 g/mol. The van der Waals surface area contributed by atoms with Crippen LogP contribution in [0.25, 0.3) is 0 Å².